The van der Waals surface area contributed by atoms with E-state index in [1.54, 1.807) is 0 Å². The molecule has 1 aliphatic heterocycles. The Hall–Kier alpha value is -1.26. The molecule has 1 aliphatic rings. The molecule has 0 spiro atoms. The lowest BCUT2D eigenvalue weighted by Crippen LogP contribution is -2.51. The lowest BCUT2D eigenvalue weighted by molar-refractivity contribution is -0.924. The first-order valence-corrected chi connectivity index (χ1v) is 7.25. The molecule has 19 heavy (non-hydrogen) atoms. The number of rotatable bonds is 4. The Bertz CT molecular complexity index is 393. The predicted octanol–water partition coefficient (Wildman–Crippen LogP) is 1.31. The van der Waals surface area contributed by atoms with Crippen LogP contribution < -0.4 is 10.6 Å². The molecule has 0 aliphatic carbocycles. The van der Waals surface area contributed by atoms with Gasteiger partial charge in [0.1, 0.15) is 6.54 Å². The number of anilines is 2. The minimum atomic E-state index is 0.287. The van der Waals surface area contributed by atoms with E-state index in [0.717, 1.165) is 42.9 Å². The summed E-state index contributed by atoms with van der Waals surface area (Å²) in [6.45, 7) is 8.93. The zero-order valence-corrected chi connectivity index (χ0v) is 11.9. The van der Waals surface area contributed by atoms with Crippen molar-refractivity contribution in [2.24, 2.45) is 0 Å². The predicted molar refractivity (Wildman–Crippen MR) is 80.2 cm³/mol. The van der Waals surface area contributed by atoms with Gasteiger partial charge in [-0.05, 0) is 31.2 Å². The molecule has 4 heteroatoms. The fourth-order valence-electron chi connectivity index (χ4n) is 3.01. The topological polar surface area (TPSA) is 49.5 Å². The van der Waals surface area contributed by atoms with Crippen LogP contribution in [0.15, 0.2) is 24.3 Å². The van der Waals surface area contributed by atoms with Gasteiger partial charge in [-0.15, -0.1) is 0 Å². The summed E-state index contributed by atoms with van der Waals surface area (Å²) < 4.78 is 1.04. The minimum Gasteiger partial charge on any atom is -0.399 e. The number of benzene rings is 1. The largest absolute Gasteiger partial charge is 0.399 e. The number of likely N-dealkylation sites (N-methyl/N-ethyl adjacent to an activating group) is 1. The van der Waals surface area contributed by atoms with Crippen LogP contribution >= 0.6 is 0 Å². The van der Waals surface area contributed by atoms with Gasteiger partial charge in [-0.1, -0.05) is 0 Å². The standard InChI is InChI=1S/C15H26N3O/c1-2-18(12-13-19)10-3-8-17(9-11-18)15-6-4-14(16)5-7-15/h4-7,19H,2-3,8-13,16H2,1H3/q+1. The van der Waals surface area contributed by atoms with E-state index in [-0.39, 0.29) is 6.61 Å². The Morgan fingerprint density at radius 2 is 1.95 bits per heavy atom. The molecule has 1 aromatic rings. The van der Waals surface area contributed by atoms with Gasteiger partial charge in [0, 0.05) is 24.3 Å². The zero-order valence-electron chi connectivity index (χ0n) is 11.9. The van der Waals surface area contributed by atoms with Gasteiger partial charge < -0.3 is 20.2 Å². The number of hydrogen-bond acceptors (Lipinski definition) is 3. The van der Waals surface area contributed by atoms with E-state index in [2.05, 4.69) is 24.0 Å². The lowest BCUT2D eigenvalue weighted by atomic mass is 10.2. The molecule has 0 aromatic heterocycles. The van der Waals surface area contributed by atoms with Crippen molar-refractivity contribution in [3.8, 4) is 0 Å². The second kappa shape index (κ2) is 6.26. The monoisotopic (exact) mass is 264 g/mol. The second-order valence-corrected chi connectivity index (χ2v) is 5.48. The molecule has 2 rings (SSSR count). The molecule has 0 amide bonds. The summed E-state index contributed by atoms with van der Waals surface area (Å²) in [6.07, 6.45) is 1.18. The molecular weight excluding hydrogens is 238 g/mol. The molecule has 1 atom stereocenters. The number of nitrogens with two attached hydrogens (primary N) is 1. The fourth-order valence-corrected chi connectivity index (χ4v) is 3.01. The highest BCUT2D eigenvalue weighted by molar-refractivity contribution is 5.53. The smallest absolute Gasteiger partial charge is 0.102 e. The summed E-state index contributed by atoms with van der Waals surface area (Å²) in [5.74, 6) is 0. The van der Waals surface area contributed by atoms with Gasteiger partial charge in [0.05, 0.1) is 32.8 Å². The zero-order chi connectivity index (χ0) is 13.7. The molecule has 0 bridgehead atoms. The quantitative estimate of drug-likeness (QED) is 0.637. The molecule has 1 unspecified atom stereocenters. The van der Waals surface area contributed by atoms with E-state index in [9.17, 15) is 5.11 Å². The average Bonchev–Trinajstić information content (AvgIpc) is 2.64. The van der Waals surface area contributed by atoms with Crippen LogP contribution in [0.5, 0.6) is 0 Å². The number of quaternary nitrogens is 1. The van der Waals surface area contributed by atoms with E-state index >= 15 is 0 Å². The third-order valence-corrected chi connectivity index (χ3v) is 4.41. The maximum Gasteiger partial charge on any atom is 0.102 e. The van der Waals surface area contributed by atoms with Crippen molar-refractivity contribution in [2.45, 2.75) is 13.3 Å². The highest BCUT2D eigenvalue weighted by Crippen LogP contribution is 2.20. The molecule has 1 aromatic carbocycles. The second-order valence-electron chi connectivity index (χ2n) is 5.48. The minimum absolute atomic E-state index is 0.287. The van der Waals surface area contributed by atoms with E-state index < -0.39 is 0 Å². The van der Waals surface area contributed by atoms with Gasteiger partial charge in [-0.2, -0.15) is 0 Å². The fraction of sp³-hybridized carbons (Fsp3) is 0.600. The summed E-state index contributed by atoms with van der Waals surface area (Å²) in [6, 6.07) is 8.15. The van der Waals surface area contributed by atoms with Gasteiger partial charge in [-0.25, -0.2) is 0 Å². The summed E-state index contributed by atoms with van der Waals surface area (Å²) in [7, 11) is 0. The van der Waals surface area contributed by atoms with Crippen molar-refractivity contribution in [3.63, 3.8) is 0 Å². The molecule has 1 heterocycles. The number of aliphatic hydroxyl groups is 1. The molecule has 106 valence electrons. The highest BCUT2D eigenvalue weighted by Gasteiger charge is 2.28. The van der Waals surface area contributed by atoms with Gasteiger partial charge >= 0.3 is 0 Å². The van der Waals surface area contributed by atoms with E-state index in [1.807, 2.05) is 12.1 Å². The number of aliphatic hydroxyl groups excluding tert-OH is 1. The maximum absolute atomic E-state index is 9.28. The van der Waals surface area contributed by atoms with Crippen LogP contribution in [0.2, 0.25) is 0 Å². The van der Waals surface area contributed by atoms with Gasteiger partial charge in [-0.3, -0.25) is 0 Å². The van der Waals surface area contributed by atoms with Crippen molar-refractivity contribution in [1.29, 1.82) is 0 Å². The first kappa shape index (κ1) is 14.2. The normalized spacial score (nSPS) is 24.2. The number of nitrogen functional groups attached to an aromatic ring is 1. The van der Waals surface area contributed by atoms with Crippen molar-refractivity contribution < 1.29 is 9.59 Å². The Morgan fingerprint density at radius 3 is 2.58 bits per heavy atom. The first-order valence-electron chi connectivity index (χ1n) is 7.25. The van der Waals surface area contributed by atoms with Crippen molar-refractivity contribution in [3.05, 3.63) is 24.3 Å². The Morgan fingerprint density at radius 1 is 1.21 bits per heavy atom. The van der Waals surface area contributed by atoms with Crippen LogP contribution in [0.1, 0.15) is 13.3 Å². The maximum atomic E-state index is 9.28. The highest BCUT2D eigenvalue weighted by atomic mass is 16.3. The molecule has 3 N–H and O–H groups in total. The van der Waals surface area contributed by atoms with E-state index in [0.29, 0.717) is 0 Å². The van der Waals surface area contributed by atoms with Gasteiger partial charge in [0.2, 0.25) is 0 Å². The Balaban J connectivity index is 2.05. The summed E-state index contributed by atoms with van der Waals surface area (Å²) >= 11 is 0. The van der Waals surface area contributed by atoms with Crippen LogP contribution in [-0.4, -0.2) is 55.5 Å². The van der Waals surface area contributed by atoms with Crippen molar-refractivity contribution >= 4 is 11.4 Å². The third kappa shape index (κ3) is 3.39. The SMILES string of the molecule is CC[N+]1(CCO)CCCN(c2ccc(N)cc2)CC1. The Labute approximate surface area is 116 Å². The average molecular weight is 264 g/mol. The molecule has 0 radical (unpaired) electrons. The van der Waals surface area contributed by atoms with Gasteiger partial charge in [0.15, 0.2) is 0 Å². The number of nitrogens with zero attached hydrogens (tertiary/aromatic N) is 2. The molecule has 1 saturated heterocycles. The van der Waals surface area contributed by atoms with Crippen molar-refractivity contribution in [1.82, 2.24) is 0 Å². The lowest BCUT2D eigenvalue weighted by Gasteiger charge is -2.36. The summed E-state index contributed by atoms with van der Waals surface area (Å²) in [4.78, 5) is 2.44. The van der Waals surface area contributed by atoms with Crippen LogP contribution in [0, 0.1) is 0 Å². The summed E-state index contributed by atoms with van der Waals surface area (Å²) in [5, 5.41) is 9.28. The molecular formula is C15H26N3O+. The van der Waals surface area contributed by atoms with Crippen LogP contribution in [-0.2, 0) is 0 Å². The summed E-state index contributed by atoms with van der Waals surface area (Å²) in [5.41, 5.74) is 7.82. The van der Waals surface area contributed by atoms with Crippen molar-refractivity contribution in [2.75, 3.05) is 56.5 Å². The molecule has 0 saturated carbocycles. The van der Waals surface area contributed by atoms with Crippen LogP contribution in [0.4, 0.5) is 11.4 Å². The van der Waals surface area contributed by atoms with E-state index in [4.69, 9.17) is 5.73 Å². The van der Waals surface area contributed by atoms with Crippen LogP contribution in [0.25, 0.3) is 0 Å². The molecule has 4 nitrogen and oxygen atoms in total. The Kier molecular flexibility index (Phi) is 4.66. The number of hydrogen-bond donors (Lipinski definition) is 2. The first-order chi connectivity index (χ1) is 9.19. The van der Waals surface area contributed by atoms with Crippen LogP contribution in [0.3, 0.4) is 0 Å². The third-order valence-electron chi connectivity index (χ3n) is 4.41. The molecule has 1 fully saturated rings. The van der Waals surface area contributed by atoms with E-state index in [1.165, 1.54) is 18.7 Å². The van der Waals surface area contributed by atoms with Gasteiger partial charge in [0.25, 0.3) is 0 Å².